The van der Waals surface area contributed by atoms with Crippen LogP contribution in [0.1, 0.15) is 33.3 Å². The molecule has 0 unspecified atom stereocenters. The molecule has 25 heavy (non-hydrogen) atoms. The van der Waals surface area contributed by atoms with Crippen LogP contribution < -0.4 is 0 Å². The van der Waals surface area contributed by atoms with Crippen molar-refractivity contribution in [3.63, 3.8) is 0 Å². The zero-order chi connectivity index (χ0) is 18.2. The number of hydrogen-bond acceptors (Lipinski definition) is 4. The maximum absolute atomic E-state index is 13.7. The Kier molecular flexibility index (Phi) is 4.84. The number of benzene rings is 1. The third kappa shape index (κ3) is 4.02. The van der Waals surface area contributed by atoms with E-state index in [4.69, 9.17) is 11.6 Å². The molecule has 0 saturated heterocycles. The Hall–Kier alpha value is -1.92. The number of hydrogen-bond donors (Lipinski definition) is 0. The predicted octanol–water partition coefficient (Wildman–Crippen LogP) is 5.44. The Bertz CT molecular complexity index is 959. The van der Waals surface area contributed by atoms with Gasteiger partial charge in [0, 0.05) is 22.1 Å². The average molecular weight is 377 g/mol. The number of fused-ring (bicyclic) bond motifs is 1. The zero-order valence-electron chi connectivity index (χ0n) is 14.4. The fraction of sp³-hybridized carbons (Fsp3) is 0.278. The lowest BCUT2D eigenvalue weighted by molar-refractivity contribution is 0.628. The minimum atomic E-state index is -0.316. The first-order valence-corrected chi connectivity index (χ1v) is 8.93. The van der Waals surface area contributed by atoms with Gasteiger partial charge in [-0.25, -0.2) is 18.3 Å². The third-order valence-electron chi connectivity index (χ3n) is 3.39. The van der Waals surface area contributed by atoms with Crippen LogP contribution in [-0.2, 0) is 0 Å². The van der Waals surface area contributed by atoms with Crippen molar-refractivity contribution in [1.82, 2.24) is 14.6 Å². The lowest BCUT2D eigenvalue weighted by Crippen LogP contribution is -2.08. The van der Waals surface area contributed by atoms with Gasteiger partial charge in [0.2, 0.25) is 0 Å². The van der Waals surface area contributed by atoms with E-state index in [0.717, 1.165) is 11.3 Å². The third-order valence-corrected chi connectivity index (χ3v) is 4.57. The molecule has 2 aromatic heterocycles. The summed E-state index contributed by atoms with van der Waals surface area (Å²) in [5.74, 6) is -0.316. The molecule has 130 valence electrons. The maximum Gasteiger partial charge on any atom is 0.174 e. The van der Waals surface area contributed by atoms with Crippen LogP contribution in [0.3, 0.4) is 0 Å². The molecule has 0 bridgehead atoms. The average Bonchev–Trinajstić information content (AvgIpc) is 2.91. The molecule has 0 fully saturated rings. The monoisotopic (exact) mass is 376 g/mol. The lowest BCUT2D eigenvalue weighted by atomic mass is 10.0. The fourth-order valence-electron chi connectivity index (χ4n) is 2.26. The van der Waals surface area contributed by atoms with Crippen LogP contribution in [0.25, 0.3) is 16.9 Å². The van der Waals surface area contributed by atoms with E-state index >= 15 is 0 Å². The molecule has 7 heteroatoms. The predicted molar refractivity (Wildman–Crippen MR) is 103 cm³/mol. The van der Waals surface area contributed by atoms with Crippen molar-refractivity contribution < 1.29 is 4.39 Å². The molecule has 3 rings (SSSR count). The number of nitrogens with zero attached hydrogens (tertiary/aromatic N) is 4. The molecule has 0 atom stereocenters. The number of aromatic nitrogens is 3. The minimum Gasteiger partial charge on any atom is -0.226 e. The number of rotatable bonds is 3. The molecule has 3 aromatic rings. The van der Waals surface area contributed by atoms with E-state index < -0.39 is 0 Å². The summed E-state index contributed by atoms with van der Waals surface area (Å²) in [4.78, 5) is 4.62. The topological polar surface area (TPSA) is 42.5 Å². The van der Waals surface area contributed by atoms with Gasteiger partial charge in [0.1, 0.15) is 10.8 Å². The lowest BCUT2D eigenvalue weighted by Gasteiger charge is -2.15. The second-order valence-electron chi connectivity index (χ2n) is 6.65. The maximum atomic E-state index is 13.7. The second kappa shape index (κ2) is 6.77. The molecule has 0 aliphatic rings. The van der Waals surface area contributed by atoms with E-state index in [-0.39, 0.29) is 10.6 Å². The Balaban J connectivity index is 2.20. The molecule has 0 radical (unpaired) electrons. The van der Waals surface area contributed by atoms with Crippen molar-refractivity contribution in [1.29, 1.82) is 0 Å². The van der Waals surface area contributed by atoms with Gasteiger partial charge in [-0.1, -0.05) is 23.7 Å². The molecule has 0 aliphatic carbocycles. The van der Waals surface area contributed by atoms with Gasteiger partial charge in [-0.3, -0.25) is 0 Å². The van der Waals surface area contributed by atoms with Crippen LogP contribution in [-0.4, -0.2) is 25.1 Å². The second-order valence-corrected chi connectivity index (χ2v) is 8.65. The van der Waals surface area contributed by atoms with E-state index in [0.29, 0.717) is 21.9 Å². The summed E-state index contributed by atoms with van der Waals surface area (Å²) in [5.41, 5.74) is 3.41. The van der Waals surface area contributed by atoms with Crippen molar-refractivity contribution in [3.8, 4) is 11.3 Å². The first-order valence-electron chi connectivity index (χ1n) is 7.77. The standard InChI is InChI=1S/C18H18ClFN4S/c1-11(23-25-18(2,3)4)14-10-24-17(15(19)9-21-24)22-16(14)12-6-5-7-13(20)8-12/h5-10H,1-4H3. The van der Waals surface area contributed by atoms with Crippen LogP contribution >= 0.6 is 23.5 Å². The van der Waals surface area contributed by atoms with E-state index in [1.165, 1.54) is 24.1 Å². The van der Waals surface area contributed by atoms with E-state index in [2.05, 4.69) is 35.3 Å². The highest BCUT2D eigenvalue weighted by Crippen LogP contribution is 2.29. The Labute approximate surface area is 155 Å². The quantitative estimate of drug-likeness (QED) is 0.451. The van der Waals surface area contributed by atoms with E-state index in [1.54, 1.807) is 16.8 Å². The van der Waals surface area contributed by atoms with Crippen LogP contribution in [0.2, 0.25) is 5.02 Å². The highest BCUT2D eigenvalue weighted by atomic mass is 35.5. The van der Waals surface area contributed by atoms with Crippen LogP contribution in [0, 0.1) is 5.82 Å². The Morgan fingerprint density at radius 2 is 2.08 bits per heavy atom. The fourth-order valence-corrected chi connectivity index (χ4v) is 2.94. The summed E-state index contributed by atoms with van der Waals surface area (Å²) >= 11 is 7.65. The summed E-state index contributed by atoms with van der Waals surface area (Å²) in [5, 5.41) is 4.66. The molecule has 2 heterocycles. The SMILES string of the molecule is CC(=NSC(C)(C)C)c1cn2ncc(Cl)c2nc1-c1cccc(F)c1. The minimum absolute atomic E-state index is 0.00713. The van der Waals surface area contributed by atoms with Gasteiger partial charge in [-0.2, -0.15) is 5.10 Å². The summed E-state index contributed by atoms with van der Waals surface area (Å²) in [6.07, 6.45) is 3.37. The Morgan fingerprint density at radius 3 is 2.76 bits per heavy atom. The molecular weight excluding hydrogens is 359 g/mol. The molecule has 0 aliphatic heterocycles. The normalized spacial score (nSPS) is 12.8. The van der Waals surface area contributed by atoms with Gasteiger partial charge >= 0.3 is 0 Å². The summed E-state index contributed by atoms with van der Waals surface area (Å²) in [6, 6.07) is 6.34. The smallest absolute Gasteiger partial charge is 0.174 e. The first kappa shape index (κ1) is 17.9. The molecule has 1 aromatic carbocycles. The van der Waals surface area contributed by atoms with Gasteiger partial charge in [0.05, 0.1) is 17.6 Å². The summed E-state index contributed by atoms with van der Waals surface area (Å²) < 4.78 is 19.9. The summed E-state index contributed by atoms with van der Waals surface area (Å²) in [6.45, 7) is 8.19. The van der Waals surface area contributed by atoms with Crippen molar-refractivity contribution >= 4 is 34.9 Å². The zero-order valence-corrected chi connectivity index (χ0v) is 16.0. The molecule has 4 nitrogen and oxygen atoms in total. The molecule has 0 N–H and O–H groups in total. The van der Waals surface area contributed by atoms with Crippen LogP contribution in [0.5, 0.6) is 0 Å². The Morgan fingerprint density at radius 1 is 1.32 bits per heavy atom. The van der Waals surface area contributed by atoms with E-state index in [1.807, 2.05) is 19.2 Å². The summed E-state index contributed by atoms with van der Waals surface area (Å²) in [7, 11) is 0. The van der Waals surface area contributed by atoms with Gasteiger partial charge in [0.15, 0.2) is 5.65 Å². The van der Waals surface area contributed by atoms with Gasteiger partial charge in [-0.15, -0.1) is 0 Å². The van der Waals surface area contributed by atoms with Gasteiger partial charge in [0.25, 0.3) is 0 Å². The van der Waals surface area contributed by atoms with Crippen molar-refractivity contribution in [2.24, 2.45) is 4.40 Å². The van der Waals surface area contributed by atoms with Crippen molar-refractivity contribution in [3.05, 3.63) is 53.1 Å². The molecule has 0 saturated carbocycles. The highest BCUT2D eigenvalue weighted by molar-refractivity contribution is 7.99. The molecule has 0 amide bonds. The number of halogens is 2. The van der Waals surface area contributed by atoms with Crippen molar-refractivity contribution in [2.75, 3.05) is 0 Å². The van der Waals surface area contributed by atoms with Gasteiger partial charge in [-0.05, 0) is 51.8 Å². The largest absolute Gasteiger partial charge is 0.226 e. The van der Waals surface area contributed by atoms with Crippen LogP contribution in [0.4, 0.5) is 4.39 Å². The van der Waals surface area contributed by atoms with Gasteiger partial charge < -0.3 is 0 Å². The molecule has 0 spiro atoms. The molecular formula is C18H18ClFN4S. The van der Waals surface area contributed by atoms with E-state index in [9.17, 15) is 4.39 Å². The highest BCUT2D eigenvalue weighted by Gasteiger charge is 2.16. The van der Waals surface area contributed by atoms with Crippen molar-refractivity contribution in [2.45, 2.75) is 32.4 Å². The van der Waals surface area contributed by atoms with Crippen LogP contribution in [0.15, 0.2) is 41.1 Å². The first-order chi connectivity index (χ1) is 11.7.